The van der Waals surface area contributed by atoms with Gasteiger partial charge in [0.05, 0.1) is 12.0 Å². The Morgan fingerprint density at radius 1 is 1.39 bits per heavy atom. The molecule has 104 valence electrons. The number of rotatable bonds is 4. The van der Waals surface area contributed by atoms with Gasteiger partial charge >= 0.3 is 0 Å². The largest absolute Gasteiger partial charge is 0.395 e. The standard InChI is InChI=1S/C14H26N2O2/c1-14(7-4-8-15-11-14)13(18)16(9-10-17)12-5-2-3-6-12/h12,15,17H,2-11H2,1H3. The Hall–Kier alpha value is -0.610. The molecular formula is C14H26N2O2. The second-order valence-corrected chi connectivity index (χ2v) is 6.00. The summed E-state index contributed by atoms with van der Waals surface area (Å²) in [5, 5.41) is 12.6. The van der Waals surface area contributed by atoms with E-state index in [-0.39, 0.29) is 17.9 Å². The third kappa shape index (κ3) is 2.86. The molecule has 1 aliphatic carbocycles. The maximum atomic E-state index is 12.8. The van der Waals surface area contributed by atoms with Crippen molar-refractivity contribution in [2.45, 2.75) is 51.5 Å². The number of nitrogens with zero attached hydrogens (tertiary/aromatic N) is 1. The molecule has 1 saturated carbocycles. The van der Waals surface area contributed by atoms with E-state index in [0.29, 0.717) is 12.6 Å². The van der Waals surface area contributed by atoms with E-state index in [0.717, 1.165) is 38.8 Å². The van der Waals surface area contributed by atoms with E-state index < -0.39 is 0 Å². The molecule has 2 N–H and O–H groups in total. The zero-order valence-corrected chi connectivity index (χ0v) is 11.5. The molecule has 0 spiro atoms. The molecule has 0 aromatic rings. The molecule has 1 heterocycles. The minimum absolute atomic E-state index is 0.0751. The molecule has 4 nitrogen and oxygen atoms in total. The number of amides is 1. The van der Waals surface area contributed by atoms with E-state index in [2.05, 4.69) is 12.2 Å². The van der Waals surface area contributed by atoms with Crippen molar-refractivity contribution in [2.24, 2.45) is 5.41 Å². The molecule has 1 unspecified atom stereocenters. The molecule has 0 bridgehead atoms. The highest BCUT2D eigenvalue weighted by Gasteiger charge is 2.40. The minimum atomic E-state index is -0.268. The first-order chi connectivity index (χ1) is 8.67. The fourth-order valence-corrected chi connectivity index (χ4v) is 3.36. The van der Waals surface area contributed by atoms with Crippen LogP contribution in [0.4, 0.5) is 0 Å². The predicted molar refractivity (Wildman–Crippen MR) is 71.3 cm³/mol. The van der Waals surface area contributed by atoms with Crippen molar-refractivity contribution in [2.75, 3.05) is 26.2 Å². The van der Waals surface area contributed by atoms with Crippen molar-refractivity contribution in [1.29, 1.82) is 0 Å². The lowest BCUT2D eigenvalue weighted by Gasteiger charge is -2.39. The normalized spacial score (nSPS) is 29.4. The summed E-state index contributed by atoms with van der Waals surface area (Å²) in [5.74, 6) is 0.246. The third-order valence-corrected chi connectivity index (χ3v) is 4.48. The Labute approximate surface area is 110 Å². The van der Waals surface area contributed by atoms with E-state index in [4.69, 9.17) is 0 Å². The third-order valence-electron chi connectivity index (χ3n) is 4.48. The Balaban J connectivity index is 2.06. The lowest BCUT2D eigenvalue weighted by Crippen LogP contribution is -2.53. The minimum Gasteiger partial charge on any atom is -0.395 e. The van der Waals surface area contributed by atoms with E-state index >= 15 is 0 Å². The van der Waals surface area contributed by atoms with Crippen molar-refractivity contribution in [3.05, 3.63) is 0 Å². The molecule has 1 saturated heterocycles. The summed E-state index contributed by atoms with van der Waals surface area (Å²) in [6.45, 7) is 4.44. The van der Waals surface area contributed by atoms with E-state index in [9.17, 15) is 9.90 Å². The van der Waals surface area contributed by atoms with Crippen LogP contribution < -0.4 is 5.32 Å². The van der Waals surface area contributed by atoms with Gasteiger partial charge in [0.2, 0.25) is 5.91 Å². The maximum Gasteiger partial charge on any atom is 0.230 e. The van der Waals surface area contributed by atoms with E-state index in [1.807, 2.05) is 4.90 Å². The number of carbonyl (C=O) groups excluding carboxylic acids is 1. The number of hydrogen-bond donors (Lipinski definition) is 2. The molecular weight excluding hydrogens is 228 g/mol. The summed E-state index contributed by atoms with van der Waals surface area (Å²) in [7, 11) is 0. The highest BCUT2D eigenvalue weighted by Crippen LogP contribution is 2.32. The van der Waals surface area contributed by atoms with E-state index in [1.165, 1.54) is 12.8 Å². The van der Waals surface area contributed by atoms with Gasteiger partial charge < -0.3 is 15.3 Å². The molecule has 1 atom stereocenters. The van der Waals surface area contributed by atoms with Gasteiger partial charge in [0, 0.05) is 19.1 Å². The summed E-state index contributed by atoms with van der Waals surface area (Å²) in [5.41, 5.74) is -0.268. The average Bonchev–Trinajstić information content (AvgIpc) is 2.90. The van der Waals surface area contributed by atoms with Crippen LogP contribution in [0.5, 0.6) is 0 Å². The van der Waals surface area contributed by atoms with Gasteiger partial charge in [-0.3, -0.25) is 4.79 Å². The molecule has 4 heteroatoms. The Morgan fingerprint density at radius 3 is 2.67 bits per heavy atom. The number of aliphatic hydroxyl groups is 1. The van der Waals surface area contributed by atoms with Gasteiger partial charge in [0.25, 0.3) is 0 Å². The quantitative estimate of drug-likeness (QED) is 0.791. The van der Waals surface area contributed by atoms with Crippen LogP contribution in [-0.4, -0.2) is 48.2 Å². The first kappa shape index (κ1) is 13.8. The monoisotopic (exact) mass is 254 g/mol. The van der Waals surface area contributed by atoms with Crippen molar-refractivity contribution in [3.8, 4) is 0 Å². The van der Waals surface area contributed by atoms with Crippen LogP contribution >= 0.6 is 0 Å². The van der Waals surface area contributed by atoms with Crippen LogP contribution in [0, 0.1) is 5.41 Å². The number of hydrogen-bond acceptors (Lipinski definition) is 3. The zero-order chi connectivity index (χ0) is 13.0. The SMILES string of the molecule is CC1(C(=O)N(CCO)C2CCCC2)CCCNC1. The van der Waals surface area contributed by atoms with Crippen LogP contribution in [-0.2, 0) is 4.79 Å². The molecule has 0 aromatic carbocycles. The van der Waals surface area contributed by atoms with Crippen molar-refractivity contribution >= 4 is 5.91 Å². The molecule has 2 fully saturated rings. The lowest BCUT2D eigenvalue weighted by molar-refractivity contribution is -0.145. The molecule has 2 rings (SSSR count). The summed E-state index contributed by atoms with van der Waals surface area (Å²) < 4.78 is 0. The Morgan fingerprint density at radius 2 is 2.11 bits per heavy atom. The summed E-state index contributed by atoms with van der Waals surface area (Å²) in [4.78, 5) is 14.7. The van der Waals surface area contributed by atoms with Crippen LogP contribution in [0.15, 0.2) is 0 Å². The molecule has 2 aliphatic rings. The predicted octanol–water partition coefficient (Wildman–Crippen LogP) is 1.14. The maximum absolute atomic E-state index is 12.8. The number of piperidine rings is 1. The molecule has 1 amide bonds. The van der Waals surface area contributed by atoms with Crippen LogP contribution in [0.25, 0.3) is 0 Å². The first-order valence-corrected chi connectivity index (χ1v) is 7.30. The van der Waals surface area contributed by atoms with Gasteiger partial charge in [0.15, 0.2) is 0 Å². The lowest BCUT2D eigenvalue weighted by atomic mass is 9.81. The Bertz CT molecular complexity index is 282. The highest BCUT2D eigenvalue weighted by molar-refractivity contribution is 5.83. The van der Waals surface area contributed by atoms with Crippen molar-refractivity contribution < 1.29 is 9.90 Å². The van der Waals surface area contributed by atoms with Crippen LogP contribution in [0.1, 0.15) is 45.4 Å². The second kappa shape index (κ2) is 6.02. The summed E-state index contributed by atoms with van der Waals surface area (Å²) in [6, 6.07) is 0.364. The fraction of sp³-hybridized carbons (Fsp3) is 0.929. The second-order valence-electron chi connectivity index (χ2n) is 6.00. The summed E-state index contributed by atoms with van der Waals surface area (Å²) >= 11 is 0. The zero-order valence-electron chi connectivity index (χ0n) is 11.5. The smallest absolute Gasteiger partial charge is 0.230 e. The fourth-order valence-electron chi connectivity index (χ4n) is 3.36. The average molecular weight is 254 g/mol. The first-order valence-electron chi connectivity index (χ1n) is 7.30. The van der Waals surface area contributed by atoms with Gasteiger partial charge in [-0.05, 0) is 39.2 Å². The number of aliphatic hydroxyl groups excluding tert-OH is 1. The topological polar surface area (TPSA) is 52.6 Å². The van der Waals surface area contributed by atoms with Gasteiger partial charge in [-0.15, -0.1) is 0 Å². The van der Waals surface area contributed by atoms with Gasteiger partial charge in [0.1, 0.15) is 0 Å². The van der Waals surface area contributed by atoms with Crippen LogP contribution in [0.3, 0.4) is 0 Å². The molecule has 0 radical (unpaired) electrons. The van der Waals surface area contributed by atoms with Crippen molar-refractivity contribution in [3.63, 3.8) is 0 Å². The molecule has 0 aromatic heterocycles. The van der Waals surface area contributed by atoms with Gasteiger partial charge in [-0.1, -0.05) is 12.8 Å². The number of nitrogens with one attached hydrogen (secondary N) is 1. The van der Waals surface area contributed by atoms with E-state index in [1.54, 1.807) is 0 Å². The van der Waals surface area contributed by atoms with Gasteiger partial charge in [-0.2, -0.15) is 0 Å². The summed E-state index contributed by atoms with van der Waals surface area (Å²) in [6.07, 6.45) is 6.68. The number of carbonyl (C=O) groups is 1. The molecule has 18 heavy (non-hydrogen) atoms. The van der Waals surface area contributed by atoms with Crippen LogP contribution in [0.2, 0.25) is 0 Å². The van der Waals surface area contributed by atoms with Crippen molar-refractivity contribution in [1.82, 2.24) is 10.2 Å². The highest BCUT2D eigenvalue weighted by atomic mass is 16.3. The Kier molecular flexibility index (Phi) is 4.62. The van der Waals surface area contributed by atoms with Gasteiger partial charge in [-0.25, -0.2) is 0 Å². The molecule has 1 aliphatic heterocycles.